The molecule has 2 atom stereocenters. The van der Waals surface area contributed by atoms with Crippen molar-refractivity contribution in [1.29, 1.82) is 0 Å². The molecular formula is C14H21NO2S. The van der Waals surface area contributed by atoms with Crippen LogP contribution in [0.4, 0.5) is 0 Å². The molecule has 0 aliphatic carbocycles. The molecule has 0 N–H and O–H groups in total. The van der Waals surface area contributed by atoms with Crippen LogP contribution in [-0.2, 0) is 16.0 Å². The average Bonchev–Trinajstić information content (AvgIpc) is 2.80. The number of hydrogen-bond donors (Lipinski definition) is 0. The third kappa shape index (κ3) is 3.82. The Morgan fingerprint density at radius 2 is 2.17 bits per heavy atom. The first-order valence-corrected chi connectivity index (χ1v) is 7.48. The van der Waals surface area contributed by atoms with E-state index in [2.05, 4.69) is 17.5 Å². The van der Waals surface area contributed by atoms with Crippen molar-refractivity contribution in [3.05, 3.63) is 22.4 Å². The maximum atomic E-state index is 12.1. The summed E-state index contributed by atoms with van der Waals surface area (Å²) in [5.74, 6) is 0.272. The van der Waals surface area contributed by atoms with E-state index in [4.69, 9.17) is 4.74 Å². The molecule has 4 heteroatoms. The minimum absolute atomic E-state index is 0.162. The van der Waals surface area contributed by atoms with Gasteiger partial charge in [0.1, 0.15) is 0 Å². The number of nitrogens with zero attached hydrogens (tertiary/aromatic N) is 1. The van der Waals surface area contributed by atoms with Crippen LogP contribution < -0.4 is 0 Å². The molecule has 0 radical (unpaired) electrons. The zero-order valence-corrected chi connectivity index (χ0v) is 11.9. The molecule has 0 aromatic carbocycles. The van der Waals surface area contributed by atoms with Gasteiger partial charge in [-0.2, -0.15) is 0 Å². The summed E-state index contributed by atoms with van der Waals surface area (Å²) in [5, 5.41) is 2.09. The van der Waals surface area contributed by atoms with Gasteiger partial charge in [-0.25, -0.2) is 0 Å². The van der Waals surface area contributed by atoms with Crippen molar-refractivity contribution in [1.82, 2.24) is 4.90 Å². The number of thiophene rings is 1. The molecule has 0 bridgehead atoms. The molecule has 1 saturated heterocycles. The van der Waals surface area contributed by atoms with E-state index in [0.717, 1.165) is 25.9 Å². The van der Waals surface area contributed by atoms with Crippen molar-refractivity contribution in [3.63, 3.8) is 0 Å². The number of carbonyl (C=O) groups excluding carboxylic acids is 1. The maximum Gasteiger partial charge on any atom is 0.222 e. The highest BCUT2D eigenvalue weighted by Crippen LogP contribution is 2.15. The lowest BCUT2D eigenvalue weighted by atomic mass is 10.1. The fourth-order valence-corrected chi connectivity index (χ4v) is 3.16. The van der Waals surface area contributed by atoms with E-state index in [0.29, 0.717) is 6.42 Å². The molecule has 1 aliphatic heterocycles. The number of amides is 1. The van der Waals surface area contributed by atoms with Crippen molar-refractivity contribution in [2.45, 2.75) is 45.3 Å². The largest absolute Gasteiger partial charge is 0.372 e. The van der Waals surface area contributed by atoms with E-state index in [9.17, 15) is 4.79 Å². The molecule has 2 rings (SSSR count). The maximum absolute atomic E-state index is 12.1. The van der Waals surface area contributed by atoms with E-state index >= 15 is 0 Å². The zero-order valence-electron chi connectivity index (χ0n) is 11.1. The second-order valence-electron chi connectivity index (χ2n) is 4.99. The molecule has 2 heterocycles. The molecule has 18 heavy (non-hydrogen) atoms. The highest BCUT2D eigenvalue weighted by Gasteiger charge is 2.25. The van der Waals surface area contributed by atoms with Gasteiger partial charge in [0.2, 0.25) is 5.91 Å². The number of carbonyl (C=O) groups is 1. The molecule has 0 spiro atoms. The second-order valence-corrected chi connectivity index (χ2v) is 6.02. The van der Waals surface area contributed by atoms with Gasteiger partial charge >= 0.3 is 0 Å². The summed E-state index contributed by atoms with van der Waals surface area (Å²) < 4.78 is 5.64. The van der Waals surface area contributed by atoms with Crippen LogP contribution in [-0.4, -0.2) is 36.1 Å². The molecule has 1 amide bonds. The van der Waals surface area contributed by atoms with Crippen molar-refractivity contribution in [2.75, 3.05) is 13.1 Å². The monoisotopic (exact) mass is 267 g/mol. The topological polar surface area (TPSA) is 29.5 Å². The quantitative estimate of drug-likeness (QED) is 0.839. The Morgan fingerprint density at radius 1 is 1.44 bits per heavy atom. The summed E-state index contributed by atoms with van der Waals surface area (Å²) in [7, 11) is 0. The first-order valence-electron chi connectivity index (χ1n) is 6.61. The van der Waals surface area contributed by atoms with Gasteiger partial charge in [0.05, 0.1) is 12.2 Å². The number of ether oxygens (including phenoxy) is 1. The minimum Gasteiger partial charge on any atom is -0.372 e. The second kappa shape index (κ2) is 6.34. The van der Waals surface area contributed by atoms with Crippen molar-refractivity contribution in [3.8, 4) is 0 Å². The number of rotatable bonds is 4. The van der Waals surface area contributed by atoms with Crippen molar-refractivity contribution >= 4 is 17.2 Å². The molecule has 100 valence electrons. The van der Waals surface area contributed by atoms with Gasteiger partial charge < -0.3 is 9.64 Å². The van der Waals surface area contributed by atoms with E-state index in [1.54, 1.807) is 11.3 Å². The summed E-state index contributed by atoms with van der Waals surface area (Å²) in [6.45, 7) is 5.54. The summed E-state index contributed by atoms with van der Waals surface area (Å²) in [5.41, 5.74) is 0. The van der Waals surface area contributed by atoms with Gasteiger partial charge in [-0.05, 0) is 38.1 Å². The molecule has 0 unspecified atom stereocenters. The number of aryl methyl sites for hydroxylation is 1. The van der Waals surface area contributed by atoms with Crippen LogP contribution in [0.1, 0.15) is 31.6 Å². The standard InChI is InChI=1S/C14H21NO2S/c1-11-9-15(10-12(2)17-11)14(16)7-3-5-13-6-4-8-18-13/h4,6,8,11-12H,3,5,7,9-10H2,1-2H3/t11-,12-/m1/s1. The minimum atomic E-state index is 0.162. The van der Waals surface area contributed by atoms with E-state index in [1.807, 2.05) is 18.7 Å². The summed E-state index contributed by atoms with van der Waals surface area (Å²) in [6.07, 6.45) is 2.93. The summed E-state index contributed by atoms with van der Waals surface area (Å²) >= 11 is 1.77. The van der Waals surface area contributed by atoms with Crippen molar-refractivity contribution < 1.29 is 9.53 Å². The van der Waals surface area contributed by atoms with E-state index in [1.165, 1.54) is 4.88 Å². The predicted molar refractivity (Wildman–Crippen MR) is 73.8 cm³/mol. The molecule has 3 nitrogen and oxygen atoms in total. The third-order valence-corrected chi connectivity index (χ3v) is 4.10. The Kier molecular flexibility index (Phi) is 4.78. The summed E-state index contributed by atoms with van der Waals surface area (Å²) in [6, 6.07) is 4.20. The Hall–Kier alpha value is -0.870. The predicted octanol–water partition coefficient (Wildman–Crippen LogP) is 2.71. The Bertz CT molecular complexity index is 367. The fraction of sp³-hybridized carbons (Fsp3) is 0.643. The molecule has 1 fully saturated rings. The smallest absolute Gasteiger partial charge is 0.222 e. The van der Waals surface area contributed by atoms with Crippen LogP contribution >= 0.6 is 11.3 Å². The average molecular weight is 267 g/mol. The first-order chi connectivity index (χ1) is 8.65. The van der Waals surface area contributed by atoms with Gasteiger partial charge in [0.25, 0.3) is 0 Å². The van der Waals surface area contributed by atoms with E-state index < -0.39 is 0 Å². The van der Waals surface area contributed by atoms with Gasteiger partial charge in [-0.1, -0.05) is 6.07 Å². The van der Waals surface area contributed by atoms with Gasteiger partial charge in [0.15, 0.2) is 0 Å². The Labute approximate surface area is 113 Å². The lowest BCUT2D eigenvalue weighted by Crippen LogP contribution is -2.48. The molecule has 1 aliphatic rings. The van der Waals surface area contributed by atoms with E-state index in [-0.39, 0.29) is 18.1 Å². The Morgan fingerprint density at radius 3 is 2.78 bits per heavy atom. The fourth-order valence-electron chi connectivity index (χ4n) is 2.41. The SMILES string of the molecule is C[C@@H]1CN(C(=O)CCCc2cccs2)C[C@@H](C)O1. The van der Waals surface area contributed by atoms with Gasteiger partial charge in [0, 0.05) is 24.4 Å². The zero-order chi connectivity index (χ0) is 13.0. The molecule has 0 saturated carbocycles. The molecular weight excluding hydrogens is 246 g/mol. The van der Waals surface area contributed by atoms with Crippen LogP contribution in [0.5, 0.6) is 0 Å². The lowest BCUT2D eigenvalue weighted by molar-refractivity contribution is -0.143. The van der Waals surface area contributed by atoms with Crippen LogP contribution in [0.2, 0.25) is 0 Å². The third-order valence-electron chi connectivity index (χ3n) is 3.17. The number of morpholine rings is 1. The van der Waals surface area contributed by atoms with Gasteiger partial charge in [-0.3, -0.25) is 4.79 Å². The normalized spacial score (nSPS) is 24.2. The van der Waals surface area contributed by atoms with Crippen LogP contribution in [0, 0.1) is 0 Å². The van der Waals surface area contributed by atoms with Crippen LogP contribution in [0.3, 0.4) is 0 Å². The van der Waals surface area contributed by atoms with Crippen LogP contribution in [0.15, 0.2) is 17.5 Å². The molecule has 1 aromatic rings. The first kappa shape index (κ1) is 13.6. The Balaban J connectivity index is 1.74. The lowest BCUT2D eigenvalue weighted by Gasteiger charge is -2.35. The van der Waals surface area contributed by atoms with Crippen LogP contribution in [0.25, 0.3) is 0 Å². The highest BCUT2D eigenvalue weighted by atomic mass is 32.1. The van der Waals surface area contributed by atoms with Crippen molar-refractivity contribution in [2.24, 2.45) is 0 Å². The van der Waals surface area contributed by atoms with Gasteiger partial charge in [-0.15, -0.1) is 11.3 Å². The number of hydrogen-bond acceptors (Lipinski definition) is 3. The molecule has 1 aromatic heterocycles. The highest BCUT2D eigenvalue weighted by molar-refractivity contribution is 7.09. The summed E-state index contributed by atoms with van der Waals surface area (Å²) in [4.78, 5) is 15.4.